The molecule has 1 aliphatic carbocycles. The highest BCUT2D eigenvalue weighted by molar-refractivity contribution is 5.98. The summed E-state index contributed by atoms with van der Waals surface area (Å²) in [5.74, 6) is 0.468. The molecule has 0 bridgehead atoms. The molecule has 1 saturated carbocycles. The topological polar surface area (TPSA) is 66.8 Å². The lowest BCUT2D eigenvalue weighted by Crippen LogP contribution is -2.13. The van der Waals surface area contributed by atoms with E-state index < -0.39 is 5.97 Å². The van der Waals surface area contributed by atoms with E-state index in [1.54, 1.807) is 24.3 Å². The summed E-state index contributed by atoms with van der Waals surface area (Å²) in [6, 6.07) is 7.71. The summed E-state index contributed by atoms with van der Waals surface area (Å²) in [6.07, 6.45) is 5.30. The molecule has 0 amide bonds. The molecule has 0 radical (unpaired) electrons. The number of hydrogen-bond donors (Lipinski definition) is 0. The van der Waals surface area contributed by atoms with Crippen LogP contribution in [0.25, 0.3) is 6.08 Å². The summed E-state index contributed by atoms with van der Waals surface area (Å²) in [5.41, 5.74) is 3.58. The van der Waals surface area contributed by atoms with Gasteiger partial charge in [0, 0.05) is 29.1 Å². The molecule has 1 heterocycles. The van der Waals surface area contributed by atoms with Crippen LogP contribution < -0.4 is 9.47 Å². The molecule has 0 unspecified atom stereocenters. The molecule has 1 fully saturated rings. The van der Waals surface area contributed by atoms with Crippen molar-refractivity contribution in [3.63, 3.8) is 0 Å². The highest BCUT2D eigenvalue weighted by Gasteiger charge is 2.28. The smallest absolute Gasteiger partial charge is 0.330 e. The van der Waals surface area contributed by atoms with Crippen LogP contribution in [-0.2, 0) is 9.53 Å². The Morgan fingerprint density at radius 1 is 1.14 bits per heavy atom. The lowest BCUT2D eigenvalue weighted by Gasteiger charge is -2.11. The quantitative estimate of drug-likeness (QED) is 0.393. The van der Waals surface area contributed by atoms with Gasteiger partial charge in [0.1, 0.15) is 0 Å². The van der Waals surface area contributed by atoms with Crippen molar-refractivity contribution in [1.29, 1.82) is 0 Å². The van der Waals surface area contributed by atoms with Gasteiger partial charge < -0.3 is 18.8 Å². The number of esters is 1. The largest absolute Gasteiger partial charge is 0.493 e. The number of carbonyl (C=O) groups is 2. The molecular weight excluding hydrogens is 358 g/mol. The minimum Gasteiger partial charge on any atom is -0.493 e. The minimum atomic E-state index is -0.436. The molecule has 148 valence electrons. The second-order valence-electron chi connectivity index (χ2n) is 6.86. The van der Waals surface area contributed by atoms with Crippen molar-refractivity contribution >= 4 is 17.8 Å². The van der Waals surface area contributed by atoms with Gasteiger partial charge in [0.2, 0.25) is 5.78 Å². The first-order valence-corrected chi connectivity index (χ1v) is 9.23. The fourth-order valence-electron chi connectivity index (χ4n) is 3.31. The van der Waals surface area contributed by atoms with E-state index in [2.05, 4.69) is 9.30 Å². The number of ketones is 1. The van der Waals surface area contributed by atoms with Gasteiger partial charge in [-0.15, -0.1) is 0 Å². The Kier molecular flexibility index (Phi) is 5.87. The first-order chi connectivity index (χ1) is 13.4. The number of aryl methyl sites for hydroxylation is 1. The van der Waals surface area contributed by atoms with Crippen LogP contribution in [0.5, 0.6) is 11.5 Å². The molecular formula is C22H25NO5. The molecule has 0 atom stereocenters. The molecule has 3 rings (SSSR count). The molecule has 28 heavy (non-hydrogen) atoms. The van der Waals surface area contributed by atoms with Crippen molar-refractivity contribution in [2.75, 3.05) is 20.8 Å². The summed E-state index contributed by atoms with van der Waals surface area (Å²) in [7, 11) is 2.85. The van der Waals surface area contributed by atoms with E-state index >= 15 is 0 Å². The maximum absolute atomic E-state index is 12.7. The predicted octanol–water partition coefficient (Wildman–Crippen LogP) is 3.90. The van der Waals surface area contributed by atoms with Gasteiger partial charge in [-0.3, -0.25) is 4.79 Å². The number of hydrogen-bond acceptors (Lipinski definition) is 5. The van der Waals surface area contributed by atoms with Crippen molar-refractivity contribution in [3.05, 3.63) is 52.9 Å². The molecule has 0 N–H and O–H groups in total. The Balaban J connectivity index is 1.70. The fourth-order valence-corrected chi connectivity index (χ4v) is 3.31. The third-order valence-corrected chi connectivity index (χ3v) is 4.86. The Hall–Kier alpha value is -3.02. The number of benzene rings is 1. The predicted molar refractivity (Wildman–Crippen MR) is 106 cm³/mol. The molecule has 1 aromatic carbocycles. The number of nitrogens with zero attached hydrogens (tertiary/aromatic N) is 1. The van der Waals surface area contributed by atoms with E-state index in [1.165, 1.54) is 33.1 Å². The number of methoxy groups -OCH3 is 2. The van der Waals surface area contributed by atoms with Crippen LogP contribution in [0, 0.1) is 13.8 Å². The SMILES string of the molecule is COC(=O)/C=C/c1ccc(OCC(=O)c2cc(C)n(C3CC3)c2C)c(OC)c1. The standard InChI is InChI=1S/C22H25NO5/c1-14-11-18(15(2)23(14)17-7-8-17)19(24)13-28-20-9-5-16(12-21(20)26-3)6-10-22(25)27-4/h5-6,9-12,17H,7-8,13H2,1-4H3/b10-6+. The Bertz CT molecular complexity index is 921. The third kappa shape index (κ3) is 4.27. The second-order valence-corrected chi connectivity index (χ2v) is 6.86. The van der Waals surface area contributed by atoms with Gasteiger partial charge in [-0.2, -0.15) is 0 Å². The normalized spacial score (nSPS) is 13.6. The molecule has 0 aliphatic heterocycles. The zero-order valence-corrected chi connectivity index (χ0v) is 16.7. The maximum atomic E-state index is 12.7. The van der Waals surface area contributed by atoms with Gasteiger partial charge in [0.25, 0.3) is 0 Å². The molecule has 0 saturated heterocycles. The number of rotatable bonds is 8. The van der Waals surface area contributed by atoms with Gasteiger partial charge in [0.15, 0.2) is 18.1 Å². The Morgan fingerprint density at radius 2 is 1.89 bits per heavy atom. The van der Waals surface area contributed by atoms with Gasteiger partial charge in [-0.25, -0.2) is 4.79 Å². The Morgan fingerprint density at radius 3 is 2.54 bits per heavy atom. The van der Waals surface area contributed by atoms with E-state index in [4.69, 9.17) is 9.47 Å². The number of carbonyl (C=O) groups excluding carboxylic acids is 2. The average Bonchev–Trinajstić information content (AvgIpc) is 3.48. The van der Waals surface area contributed by atoms with Crippen LogP contribution in [0.3, 0.4) is 0 Å². The van der Waals surface area contributed by atoms with Gasteiger partial charge >= 0.3 is 5.97 Å². The molecule has 1 aliphatic rings. The van der Waals surface area contributed by atoms with Crippen molar-refractivity contribution in [2.45, 2.75) is 32.7 Å². The first-order valence-electron chi connectivity index (χ1n) is 9.23. The molecule has 6 nitrogen and oxygen atoms in total. The zero-order valence-electron chi connectivity index (χ0n) is 16.7. The van der Waals surface area contributed by atoms with E-state index in [9.17, 15) is 9.59 Å². The zero-order chi connectivity index (χ0) is 20.3. The maximum Gasteiger partial charge on any atom is 0.330 e. The summed E-state index contributed by atoms with van der Waals surface area (Å²) >= 11 is 0. The summed E-state index contributed by atoms with van der Waals surface area (Å²) < 4.78 is 17.9. The Labute approximate surface area is 164 Å². The first kappa shape index (κ1) is 19.7. The highest BCUT2D eigenvalue weighted by Crippen LogP contribution is 2.38. The van der Waals surface area contributed by atoms with Crippen LogP contribution in [0.2, 0.25) is 0 Å². The molecule has 1 aromatic heterocycles. The lowest BCUT2D eigenvalue weighted by atomic mass is 10.1. The van der Waals surface area contributed by atoms with Crippen LogP contribution in [0.15, 0.2) is 30.3 Å². The van der Waals surface area contributed by atoms with E-state index in [0.29, 0.717) is 23.1 Å². The number of ether oxygens (including phenoxy) is 3. The van der Waals surface area contributed by atoms with E-state index in [-0.39, 0.29) is 12.4 Å². The van der Waals surface area contributed by atoms with E-state index in [1.807, 2.05) is 19.9 Å². The monoisotopic (exact) mass is 383 g/mol. The van der Waals surface area contributed by atoms with Gasteiger partial charge in [0.05, 0.1) is 14.2 Å². The lowest BCUT2D eigenvalue weighted by molar-refractivity contribution is -0.134. The fraction of sp³-hybridized carbons (Fsp3) is 0.364. The number of aromatic nitrogens is 1. The number of Topliss-reactive ketones (excluding diaryl/α,β-unsaturated/α-hetero) is 1. The van der Waals surface area contributed by atoms with Crippen LogP contribution in [0.1, 0.15) is 46.2 Å². The van der Waals surface area contributed by atoms with Gasteiger partial charge in [-0.05, 0) is 56.5 Å². The van der Waals surface area contributed by atoms with Crippen LogP contribution in [0.4, 0.5) is 0 Å². The summed E-state index contributed by atoms with van der Waals surface area (Å²) in [5, 5.41) is 0. The van der Waals surface area contributed by atoms with Crippen molar-refractivity contribution in [2.24, 2.45) is 0 Å². The third-order valence-electron chi connectivity index (χ3n) is 4.86. The highest BCUT2D eigenvalue weighted by atomic mass is 16.5. The van der Waals surface area contributed by atoms with E-state index in [0.717, 1.165) is 17.0 Å². The summed E-state index contributed by atoms with van der Waals surface area (Å²) in [4.78, 5) is 23.9. The van der Waals surface area contributed by atoms with Crippen molar-refractivity contribution < 1.29 is 23.8 Å². The average molecular weight is 383 g/mol. The van der Waals surface area contributed by atoms with Crippen LogP contribution in [-0.4, -0.2) is 37.1 Å². The molecule has 6 heteroatoms. The molecule has 2 aromatic rings. The minimum absolute atomic E-state index is 0.0586. The summed E-state index contributed by atoms with van der Waals surface area (Å²) in [6.45, 7) is 3.96. The second kappa shape index (κ2) is 8.33. The van der Waals surface area contributed by atoms with Crippen molar-refractivity contribution in [3.8, 4) is 11.5 Å². The van der Waals surface area contributed by atoms with Gasteiger partial charge in [-0.1, -0.05) is 6.07 Å². The molecule has 0 spiro atoms. The van der Waals surface area contributed by atoms with Crippen LogP contribution >= 0.6 is 0 Å². The van der Waals surface area contributed by atoms with Crippen molar-refractivity contribution in [1.82, 2.24) is 4.57 Å².